The Morgan fingerprint density at radius 1 is 0.778 bits per heavy atom. The zero-order chi connectivity index (χ0) is 13.6. The smallest absolute Gasteiger partial charge is 0.0215 e. The van der Waals surface area contributed by atoms with Crippen molar-refractivity contribution in [2.24, 2.45) is 0 Å². The molecule has 3 heteroatoms. The van der Waals surface area contributed by atoms with Crippen LogP contribution in [0.15, 0.2) is 0 Å². The molecule has 0 bridgehead atoms. The maximum absolute atomic E-state index is 3.67. The van der Waals surface area contributed by atoms with E-state index in [0.29, 0.717) is 12.1 Å². The second kappa shape index (κ2) is 13.3. The van der Waals surface area contributed by atoms with Gasteiger partial charge in [-0.1, -0.05) is 27.2 Å². The maximum Gasteiger partial charge on any atom is 0.0215 e. The van der Waals surface area contributed by atoms with Gasteiger partial charge in [-0.15, -0.1) is 0 Å². The van der Waals surface area contributed by atoms with Gasteiger partial charge in [0.2, 0.25) is 0 Å². The summed E-state index contributed by atoms with van der Waals surface area (Å²) in [4.78, 5) is 0. The molecule has 0 aromatic carbocycles. The summed E-state index contributed by atoms with van der Waals surface area (Å²) < 4.78 is 0. The Morgan fingerprint density at radius 3 is 2.11 bits per heavy atom. The first-order valence-electron chi connectivity index (χ1n) is 7.93. The molecule has 0 saturated carbocycles. The molecule has 0 aliphatic rings. The summed E-state index contributed by atoms with van der Waals surface area (Å²) in [5.74, 6) is 0. The van der Waals surface area contributed by atoms with Crippen LogP contribution in [0.4, 0.5) is 0 Å². The third-order valence-corrected chi connectivity index (χ3v) is 3.40. The fourth-order valence-electron chi connectivity index (χ4n) is 2.13. The molecule has 3 N–H and O–H groups in total. The molecule has 0 spiro atoms. The van der Waals surface area contributed by atoms with Crippen molar-refractivity contribution in [3.05, 3.63) is 0 Å². The van der Waals surface area contributed by atoms with Crippen LogP contribution in [0.3, 0.4) is 0 Å². The first-order valence-corrected chi connectivity index (χ1v) is 7.93. The Kier molecular flexibility index (Phi) is 13.2. The highest BCUT2D eigenvalue weighted by Crippen LogP contribution is 1.99. The first kappa shape index (κ1) is 17.9. The number of unbranched alkanes of at least 4 members (excludes halogenated alkanes) is 1. The molecule has 0 saturated heterocycles. The van der Waals surface area contributed by atoms with Crippen LogP contribution in [0.2, 0.25) is 0 Å². The monoisotopic (exact) mass is 257 g/mol. The summed E-state index contributed by atoms with van der Waals surface area (Å²) in [6.45, 7) is 13.6. The van der Waals surface area contributed by atoms with Gasteiger partial charge in [0.05, 0.1) is 0 Å². The largest absolute Gasteiger partial charge is 0.317 e. The lowest BCUT2D eigenvalue weighted by molar-refractivity contribution is 0.374. The Bertz CT molecular complexity index is 162. The Morgan fingerprint density at radius 2 is 1.50 bits per heavy atom. The van der Waals surface area contributed by atoms with Gasteiger partial charge in [0.25, 0.3) is 0 Å². The van der Waals surface area contributed by atoms with E-state index in [1.165, 1.54) is 32.1 Å². The predicted octanol–water partition coefficient (Wildman–Crippen LogP) is 2.52. The number of hydrogen-bond donors (Lipinski definition) is 3. The fraction of sp³-hybridized carbons (Fsp3) is 1.00. The van der Waals surface area contributed by atoms with Crippen molar-refractivity contribution in [2.75, 3.05) is 26.2 Å². The quantitative estimate of drug-likeness (QED) is 0.444. The number of nitrogens with one attached hydrogen (secondary N) is 3. The fourth-order valence-corrected chi connectivity index (χ4v) is 2.13. The third-order valence-electron chi connectivity index (χ3n) is 3.40. The maximum atomic E-state index is 3.67. The topological polar surface area (TPSA) is 36.1 Å². The first-order chi connectivity index (χ1) is 8.76. The molecule has 0 radical (unpaired) electrons. The molecule has 0 heterocycles. The average molecular weight is 257 g/mol. The van der Waals surface area contributed by atoms with Crippen LogP contribution in [0.1, 0.15) is 59.8 Å². The SMILES string of the molecule is CCCCNC(C)C(CC)NCCCNCCC. The van der Waals surface area contributed by atoms with E-state index in [2.05, 4.69) is 43.6 Å². The van der Waals surface area contributed by atoms with Crippen molar-refractivity contribution in [3.63, 3.8) is 0 Å². The van der Waals surface area contributed by atoms with Crippen molar-refractivity contribution in [2.45, 2.75) is 71.9 Å². The van der Waals surface area contributed by atoms with Gasteiger partial charge in [-0.2, -0.15) is 0 Å². The van der Waals surface area contributed by atoms with Gasteiger partial charge < -0.3 is 16.0 Å². The van der Waals surface area contributed by atoms with Crippen molar-refractivity contribution in [1.82, 2.24) is 16.0 Å². The highest BCUT2D eigenvalue weighted by Gasteiger charge is 2.13. The standard InChI is InChI=1S/C15H35N3/c1-5-8-12-17-14(4)15(7-3)18-13-9-11-16-10-6-2/h14-18H,5-13H2,1-4H3. The lowest BCUT2D eigenvalue weighted by atomic mass is 10.1. The van der Waals surface area contributed by atoms with Gasteiger partial charge in [-0.05, 0) is 58.8 Å². The lowest BCUT2D eigenvalue weighted by Crippen LogP contribution is -2.46. The Balaban J connectivity index is 3.55. The average Bonchev–Trinajstić information content (AvgIpc) is 2.38. The molecule has 0 rings (SSSR count). The third kappa shape index (κ3) is 9.86. The van der Waals surface area contributed by atoms with Crippen LogP contribution in [-0.2, 0) is 0 Å². The van der Waals surface area contributed by atoms with E-state index in [4.69, 9.17) is 0 Å². The molecule has 2 unspecified atom stereocenters. The van der Waals surface area contributed by atoms with E-state index < -0.39 is 0 Å². The minimum atomic E-state index is 0.574. The van der Waals surface area contributed by atoms with Crippen LogP contribution in [0, 0.1) is 0 Å². The summed E-state index contributed by atoms with van der Waals surface area (Å²) in [5.41, 5.74) is 0. The van der Waals surface area contributed by atoms with E-state index in [0.717, 1.165) is 26.2 Å². The van der Waals surface area contributed by atoms with Crippen LogP contribution < -0.4 is 16.0 Å². The van der Waals surface area contributed by atoms with Gasteiger partial charge in [0.15, 0.2) is 0 Å². The summed E-state index contributed by atoms with van der Waals surface area (Å²) in [6.07, 6.45) is 6.19. The summed E-state index contributed by atoms with van der Waals surface area (Å²) in [7, 11) is 0. The van der Waals surface area contributed by atoms with E-state index >= 15 is 0 Å². The van der Waals surface area contributed by atoms with Crippen molar-refractivity contribution >= 4 is 0 Å². The normalized spacial score (nSPS) is 14.7. The number of rotatable bonds is 13. The van der Waals surface area contributed by atoms with E-state index in [1.54, 1.807) is 0 Å². The van der Waals surface area contributed by atoms with Crippen LogP contribution in [-0.4, -0.2) is 38.3 Å². The van der Waals surface area contributed by atoms with Gasteiger partial charge in [0, 0.05) is 12.1 Å². The highest BCUT2D eigenvalue weighted by atomic mass is 15.0. The van der Waals surface area contributed by atoms with Gasteiger partial charge >= 0.3 is 0 Å². The van der Waals surface area contributed by atoms with Gasteiger partial charge in [-0.3, -0.25) is 0 Å². The van der Waals surface area contributed by atoms with E-state index in [-0.39, 0.29) is 0 Å². The second-order valence-electron chi connectivity index (χ2n) is 5.17. The highest BCUT2D eigenvalue weighted by molar-refractivity contribution is 4.77. The molecule has 0 aromatic heterocycles. The van der Waals surface area contributed by atoms with Crippen LogP contribution in [0.25, 0.3) is 0 Å². The predicted molar refractivity (Wildman–Crippen MR) is 82.2 cm³/mol. The van der Waals surface area contributed by atoms with E-state index in [1.807, 2.05) is 0 Å². The van der Waals surface area contributed by atoms with Gasteiger partial charge in [-0.25, -0.2) is 0 Å². The molecule has 18 heavy (non-hydrogen) atoms. The number of hydrogen-bond acceptors (Lipinski definition) is 3. The Labute approximate surface area is 114 Å². The summed E-state index contributed by atoms with van der Waals surface area (Å²) in [6, 6.07) is 1.18. The van der Waals surface area contributed by atoms with Crippen molar-refractivity contribution < 1.29 is 0 Å². The molecule has 0 fully saturated rings. The molecule has 0 aliphatic carbocycles. The molecule has 0 aliphatic heterocycles. The van der Waals surface area contributed by atoms with Crippen LogP contribution >= 0.6 is 0 Å². The van der Waals surface area contributed by atoms with Crippen molar-refractivity contribution in [1.29, 1.82) is 0 Å². The van der Waals surface area contributed by atoms with Gasteiger partial charge in [0.1, 0.15) is 0 Å². The minimum absolute atomic E-state index is 0.574. The molecule has 0 amide bonds. The molecule has 3 nitrogen and oxygen atoms in total. The summed E-state index contributed by atoms with van der Waals surface area (Å²) in [5, 5.41) is 10.7. The van der Waals surface area contributed by atoms with Crippen LogP contribution in [0.5, 0.6) is 0 Å². The zero-order valence-electron chi connectivity index (χ0n) is 13.0. The molecule has 0 aromatic rings. The van der Waals surface area contributed by atoms with E-state index in [9.17, 15) is 0 Å². The van der Waals surface area contributed by atoms with Crippen molar-refractivity contribution in [3.8, 4) is 0 Å². The summed E-state index contributed by atoms with van der Waals surface area (Å²) >= 11 is 0. The second-order valence-corrected chi connectivity index (χ2v) is 5.17. The minimum Gasteiger partial charge on any atom is -0.317 e. The molecular weight excluding hydrogens is 222 g/mol. The Hall–Kier alpha value is -0.120. The molecular formula is C15H35N3. The molecule has 110 valence electrons. The molecule has 2 atom stereocenters. The lowest BCUT2D eigenvalue weighted by Gasteiger charge is -2.25. The zero-order valence-corrected chi connectivity index (χ0v) is 13.0.